The lowest BCUT2D eigenvalue weighted by Crippen LogP contribution is -2.58. The van der Waals surface area contributed by atoms with Gasteiger partial charge in [-0.2, -0.15) is 14.5 Å². The van der Waals surface area contributed by atoms with Crippen LogP contribution in [0.5, 0.6) is 11.5 Å². The van der Waals surface area contributed by atoms with E-state index in [1.807, 2.05) is 66.7 Å². The summed E-state index contributed by atoms with van der Waals surface area (Å²) in [5.41, 5.74) is 7.96. The second-order valence-corrected chi connectivity index (χ2v) is 45.0. The quantitative estimate of drug-likeness (QED) is 0.0135. The summed E-state index contributed by atoms with van der Waals surface area (Å²) in [4.78, 5) is 114. The van der Waals surface area contributed by atoms with E-state index in [2.05, 4.69) is 79.7 Å². The number of piperazine rings is 1. The average Bonchev–Trinajstić information content (AvgIpc) is 1.60. The summed E-state index contributed by atoms with van der Waals surface area (Å²) >= 11 is 0. The first-order valence-electron chi connectivity index (χ1n) is 51.9. The van der Waals surface area contributed by atoms with Crippen LogP contribution in [0.3, 0.4) is 0 Å². The number of ether oxygens (including phenoxy) is 4. The minimum absolute atomic E-state index is 0.0317. The first-order chi connectivity index (χ1) is 72.1. The fourth-order valence-electron chi connectivity index (χ4n) is 20.2. The van der Waals surface area contributed by atoms with E-state index in [4.69, 9.17) is 25.5 Å². The van der Waals surface area contributed by atoms with Crippen molar-refractivity contribution in [2.75, 3.05) is 130 Å². The molecule has 8 aliphatic rings. The van der Waals surface area contributed by atoms with Gasteiger partial charge in [-0.05, 0) is 286 Å². The molecular weight excluding hydrogens is 1970 g/mol. The minimum atomic E-state index is -3.65. The molecular formula is C114H136F5N13O16S2. The van der Waals surface area contributed by atoms with Crippen molar-refractivity contribution in [3.05, 3.63) is 297 Å². The molecule has 4 saturated carbocycles. The number of carbonyl (C=O) groups excluding carboxylic acids is 8. The maximum Gasteiger partial charge on any atom is 0.258 e. The van der Waals surface area contributed by atoms with Crippen LogP contribution in [0.25, 0.3) is 16.1 Å². The first kappa shape index (κ1) is 113. The highest BCUT2D eigenvalue weighted by atomic mass is 32.2. The lowest BCUT2D eigenvalue weighted by molar-refractivity contribution is -0.138. The smallest absolute Gasteiger partial charge is 0.258 e. The van der Waals surface area contributed by atoms with Gasteiger partial charge in [0.2, 0.25) is 33.7 Å². The van der Waals surface area contributed by atoms with E-state index in [1.165, 1.54) is 117 Å². The molecule has 0 spiro atoms. The summed E-state index contributed by atoms with van der Waals surface area (Å²) < 4.78 is 139. The number of sulfonamides is 1. The summed E-state index contributed by atoms with van der Waals surface area (Å²) in [6.45, 7) is 17.6. The Balaban J connectivity index is 0.000000158. The molecule has 29 nitrogen and oxygen atoms in total. The molecule has 4 aliphatic carbocycles. The zero-order valence-corrected chi connectivity index (χ0v) is 87.3. The van der Waals surface area contributed by atoms with Crippen LogP contribution >= 0.6 is 0 Å². The summed E-state index contributed by atoms with van der Waals surface area (Å²) in [5, 5.41) is 22.7. The Morgan fingerprint density at radius 2 is 0.833 bits per heavy atom. The molecule has 36 heteroatoms. The topological polar surface area (TPSA) is 348 Å². The molecule has 4 saturated heterocycles. The Morgan fingerprint density at radius 1 is 0.447 bits per heavy atom. The molecule has 5 heterocycles. The van der Waals surface area contributed by atoms with Crippen molar-refractivity contribution in [1.29, 1.82) is 0 Å². The van der Waals surface area contributed by atoms with Crippen molar-refractivity contribution in [2.24, 2.45) is 16.7 Å². The molecule has 150 heavy (non-hydrogen) atoms. The van der Waals surface area contributed by atoms with Crippen LogP contribution in [-0.2, 0) is 48.5 Å². The number of unbranched alkanes of at least 4 members (excludes halogenated alkanes) is 4. The van der Waals surface area contributed by atoms with E-state index in [0.29, 0.717) is 157 Å². The van der Waals surface area contributed by atoms with Gasteiger partial charge >= 0.3 is 0 Å². The normalized spacial score (nSPS) is 21.0. The number of sulfone groups is 1. The van der Waals surface area contributed by atoms with Gasteiger partial charge in [-0.15, -0.1) is 0 Å². The number of nitrogens with one attached hydrogen (secondary N) is 5. The molecule has 4 aliphatic heterocycles. The fourth-order valence-corrected chi connectivity index (χ4v) is 22.6. The van der Waals surface area contributed by atoms with Gasteiger partial charge in [0.25, 0.3) is 29.7 Å². The Labute approximate surface area is 875 Å². The number of benzene rings is 8. The average molecular weight is 2100 g/mol. The minimum Gasteiger partial charge on any atom is -0.497 e. The van der Waals surface area contributed by atoms with Crippen LogP contribution in [0.1, 0.15) is 217 Å². The van der Waals surface area contributed by atoms with Crippen LogP contribution in [-0.4, -0.2) is 265 Å². The van der Waals surface area contributed by atoms with Crippen LogP contribution in [0.15, 0.2) is 212 Å². The van der Waals surface area contributed by atoms with Gasteiger partial charge < -0.3 is 70.0 Å². The van der Waals surface area contributed by atoms with Gasteiger partial charge in [0.05, 0.1) is 77.2 Å². The highest BCUT2D eigenvalue weighted by molar-refractivity contribution is 7.91. The third-order valence-electron chi connectivity index (χ3n) is 29.8. The van der Waals surface area contributed by atoms with E-state index < -0.39 is 85.0 Å². The SMILES string of the molecule is CC1(CCCCC[C@H](NC(=O)c2ccc(F)cc2)C(=O)N2CCOCC2)C[C@H]1c1ccc(F)cc1.COc1ccc([C@@H]2CC2(C)CCCS(=O)(=O)C[C@H](NC(=O)c2ccc(F)cc2)C(=O)N2CCOCC2)cc1.COc1ccc([C@@H]2CC2CCCCC[C@H](NC(=O)c2ccc(F)cc2)C(=O)N2CCN(S(C)(=O)=O)CC2)cc1.[C-]#[N+]C1CN(C(=O)[C@H](CCCN[C@@H]2C[C@H]2c2ccc(F)cc2)NC(=O)c2ccc(-c3cccnn3)cc2)C1. The Kier molecular flexibility index (Phi) is 40.0. The number of aromatic nitrogens is 2. The van der Waals surface area contributed by atoms with Crippen LogP contribution < -0.4 is 36.1 Å². The molecule has 3 unspecified atom stereocenters. The Bertz CT molecular complexity index is 6290. The van der Waals surface area contributed by atoms with Crippen LogP contribution in [0.2, 0.25) is 0 Å². The monoisotopic (exact) mass is 2100 g/mol. The summed E-state index contributed by atoms with van der Waals surface area (Å²) in [7, 11) is -3.67. The van der Waals surface area contributed by atoms with Gasteiger partial charge in [-0.3, -0.25) is 38.4 Å². The van der Waals surface area contributed by atoms with Gasteiger partial charge in [-0.1, -0.05) is 113 Å². The fraction of sp³-hybridized carbons (Fsp3) is 0.465. The Morgan fingerprint density at radius 3 is 1.27 bits per heavy atom. The van der Waals surface area contributed by atoms with Crippen molar-refractivity contribution < 1.29 is 96.1 Å². The van der Waals surface area contributed by atoms with Crippen molar-refractivity contribution in [1.82, 2.24) is 60.7 Å². The summed E-state index contributed by atoms with van der Waals surface area (Å²) in [5.74, 6) is -0.802. The van der Waals surface area contributed by atoms with Crippen LogP contribution in [0.4, 0.5) is 22.0 Å². The number of hydrogen-bond donors (Lipinski definition) is 5. The van der Waals surface area contributed by atoms with E-state index in [0.717, 1.165) is 118 Å². The second kappa shape index (κ2) is 53.2. The molecule has 5 N–H and O–H groups in total. The lowest BCUT2D eigenvalue weighted by atomic mass is 9.94. The highest BCUT2D eigenvalue weighted by Crippen LogP contribution is 2.63. The number of morpholine rings is 2. The number of hydrogen-bond acceptors (Lipinski definition) is 19. The maximum absolute atomic E-state index is 13.4. The van der Waals surface area contributed by atoms with Gasteiger partial charge in [-0.25, -0.2) is 45.4 Å². The molecule has 1 aromatic heterocycles. The Hall–Kier alpha value is -12.9. The van der Waals surface area contributed by atoms with Crippen LogP contribution in [0, 0.1) is 52.4 Å². The van der Waals surface area contributed by atoms with Gasteiger partial charge in [0, 0.05) is 98.3 Å². The molecule has 0 bridgehead atoms. The number of halogens is 5. The van der Waals surface area contributed by atoms with Crippen molar-refractivity contribution in [3.63, 3.8) is 0 Å². The van der Waals surface area contributed by atoms with Gasteiger partial charge in [0.1, 0.15) is 64.8 Å². The number of nitrogens with zero attached hydrogens (tertiary/aromatic N) is 8. The number of rotatable bonds is 43. The third kappa shape index (κ3) is 32.8. The highest BCUT2D eigenvalue weighted by Gasteiger charge is 2.52. The first-order valence-corrected chi connectivity index (χ1v) is 55.5. The number of methoxy groups -OCH3 is 2. The van der Waals surface area contributed by atoms with Crippen molar-refractivity contribution in [3.8, 4) is 22.8 Å². The number of likely N-dealkylation sites (tertiary alicyclic amines) is 1. The molecule has 8 fully saturated rings. The molecule has 17 rings (SSSR count). The molecule has 0 radical (unpaired) electrons. The predicted octanol–water partition coefficient (Wildman–Crippen LogP) is 15.5. The van der Waals surface area contributed by atoms with E-state index in [9.17, 15) is 77.1 Å². The van der Waals surface area contributed by atoms with E-state index >= 15 is 0 Å². The molecule has 800 valence electrons. The predicted molar refractivity (Wildman–Crippen MR) is 559 cm³/mol. The van der Waals surface area contributed by atoms with Crippen molar-refractivity contribution >= 4 is 67.1 Å². The zero-order chi connectivity index (χ0) is 107. The molecule has 9 aromatic rings. The molecule has 8 aromatic carbocycles. The second-order valence-electron chi connectivity index (χ2n) is 40.8. The molecule has 12 atom stereocenters. The third-order valence-corrected chi connectivity index (χ3v) is 32.9. The van der Waals surface area contributed by atoms with E-state index in [-0.39, 0.29) is 101 Å². The molecule has 8 amide bonds. The number of carbonyl (C=O) groups is 8. The largest absolute Gasteiger partial charge is 0.497 e. The number of amides is 8. The summed E-state index contributed by atoms with van der Waals surface area (Å²) in [6, 6.07) is 52.8. The van der Waals surface area contributed by atoms with Gasteiger partial charge in [0.15, 0.2) is 9.84 Å². The van der Waals surface area contributed by atoms with Crippen molar-refractivity contribution in [2.45, 2.75) is 189 Å². The van der Waals surface area contributed by atoms with E-state index in [1.54, 1.807) is 53.3 Å². The zero-order valence-electron chi connectivity index (χ0n) is 85.6. The lowest BCUT2D eigenvalue weighted by Gasteiger charge is -2.35. The summed E-state index contributed by atoms with van der Waals surface area (Å²) in [6.07, 6.45) is 18.3. The maximum atomic E-state index is 13.4. The standard InChI is InChI=1S/C29H29FN6O2.C29H38FN3O5S.C28H34F2N2O3.C28H35FN2O6S/c1-31-23-17-36(18-23)29(38)26(5-2-14-32-27-16-24(27)19-10-12-22(30)13-11-19)34-28(37)21-8-6-20(7-9-21)25-4-3-15-33-35-25;1-38-25-14-10-21(11-15-25)26-20-23(26)6-4-3-5-7-27(31-28(34)22-8-12-24(30)13-9-22)29(35)32-16-18-33(19-17-32)39(2,36)37;1-28(19-24(28)20-6-10-22(29)11-7-20)14-4-2-3-5-25(27(34)32-15-17-35-18-16-32)31-26(33)21-8-12-23(30)13-9-21;1-28(18-24(28)20-6-10-23(36-2)11-7-20)12-3-17-38(34,35)19-25(27(33)31-13-15-37-16-14-31)30-26(32)21-4-8-22(29)9-5-21/h3-4,6-13,15,23-24,26-27,32H,2,5,14,16-18H2,(H,34,37);8-15,23,26-27H,3-7,16-20H2,1-2H3,(H,31,34);6-13,24-25H,2-5,14-19H2,1H3,(H,31,33);4-11,24-25H,3,12-19H2,1-2H3,(H,30,32)/t24-,26-,27+;23?,26-,27-;2*24-,25-,28?/m0000/s1.